The van der Waals surface area contributed by atoms with Crippen LogP contribution in [-0.2, 0) is 19.1 Å². The van der Waals surface area contributed by atoms with Crippen LogP contribution in [0.15, 0.2) is 11.6 Å². The Kier molecular flexibility index (Phi) is 14.8. The van der Waals surface area contributed by atoms with Gasteiger partial charge in [0, 0.05) is 0 Å². The molecule has 1 saturated heterocycles. The molecular weight excluding hydrogens is 420 g/mol. The van der Waals surface area contributed by atoms with Crippen LogP contribution in [0.1, 0.15) is 98.8 Å². The number of cyclic esters (lactones) is 1. The van der Waals surface area contributed by atoms with Crippen LogP contribution in [0.25, 0.3) is 0 Å². The van der Waals surface area contributed by atoms with Gasteiger partial charge in [-0.2, -0.15) is 0 Å². The lowest BCUT2D eigenvalue weighted by molar-refractivity contribution is -0.152. The number of ketones is 1. The molecule has 0 saturated carbocycles. The number of carbonyl (C=O) groups excluding carboxylic acids is 2. The van der Waals surface area contributed by atoms with Crippen LogP contribution < -0.4 is 0 Å². The molecule has 0 spiro atoms. The van der Waals surface area contributed by atoms with Crippen molar-refractivity contribution in [1.29, 1.82) is 0 Å². The first-order valence-electron chi connectivity index (χ1n) is 13.0. The number of allylic oxidation sites excluding steroid dienone is 1. The molecule has 1 aliphatic rings. The first kappa shape index (κ1) is 29.8. The Bertz CT molecular complexity index is 599. The lowest BCUT2D eigenvalue weighted by Gasteiger charge is -2.20. The van der Waals surface area contributed by atoms with Crippen LogP contribution in [-0.4, -0.2) is 53.5 Å². The molecule has 5 atom stereocenters. The van der Waals surface area contributed by atoms with Crippen LogP contribution >= 0.6 is 0 Å². The zero-order chi connectivity index (χ0) is 24.8. The Labute approximate surface area is 201 Å². The Morgan fingerprint density at radius 3 is 2.15 bits per heavy atom. The van der Waals surface area contributed by atoms with Gasteiger partial charge in [-0.25, -0.2) is 4.79 Å². The largest absolute Gasteiger partial charge is 0.450 e. The van der Waals surface area contributed by atoms with Gasteiger partial charge in [0.05, 0.1) is 13.2 Å². The third kappa shape index (κ3) is 12.2. The average molecular weight is 469 g/mol. The minimum Gasteiger partial charge on any atom is -0.450 e. The van der Waals surface area contributed by atoms with Gasteiger partial charge >= 0.3 is 5.97 Å². The second kappa shape index (κ2) is 16.4. The molecular formula is C27H48O6. The van der Waals surface area contributed by atoms with Crippen LogP contribution in [0.4, 0.5) is 0 Å². The highest BCUT2D eigenvalue weighted by Crippen LogP contribution is 2.22. The molecule has 2 N–H and O–H groups in total. The van der Waals surface area contributed by atoms with E-state index in [2.05, 4.69) is 40.7 Å². The van der Waals surface area contributed by atoms with Crippen molar-refractivity contribution in [3.05, 3.63) is 11.6 Å². The van der Waals surface area contributed by atoms with Crippen LogP contribution in [0.2, 0.25) is 0 Å². The Balaban J connectivity index is 2.16. The Morgan fingerprint density at radius 2 is 1.58 bits per heavy atom. The minimum absolute atomic E-state index is 0.255. The van der Waals surface area contributed by atoms with Gasteiger partial charge in [0.2, 0.25) is 0 Å². The van der Waals surface area contributed by atoms with E-state index < -0.39 is 36.7 Å². The van der Waals surface area contributed by atoms with Crippen molar-refractivity contribution >= 4 is 11.8 Å². The molecule has 1 fully saturated rings. The first-order chi connectivity index (χ1) is 15.6. The van der Waals surface area contributed by atoms with Crippen molar-refractivity contribution in [3.8, 4) is 0 Å². The number of rotatable bonds is 18. The van der Waals surface area contributed by atoms with E-state index in [0.717, 1.165) is 24.2 Å². The standard InChI is InChI=1S/C27H48O6/c1-19(2)10-6-11-20(3)12-7-13-21(4)14-8-15-22(5)16-9-17-32-26-24(30)27(31)33-25(26)23(29)18-28/h16,19-21,23,25-26,28-29H,6-15,17-18H2,1-5H3. The molecule has 0 aromatic rings. The fraction of sp³-hybridized carbons (Fsp3) is 0.852. The molecule has 0 radical (unpaired) electrons. The zero-order valence-corrected chi connectivity index (χ0v) is 21.6. The number of hydrogen-bond donors (Lipinski definition) is 2. The number of carbonyl (C=O) groups is 2. The van der Waals surface area contributed by atoms with E-state index in [0.29, 0.717) is 6.42 Å². The summed E-state index contributed by atoms with van der Waals surface area (Å²) in [6.45, 7) is 11.1. The quantitative estimate of drug-likeness (QED) is 0.127. The second-order valence-corrected chi connectivity index (χ2v) is 10.5. The minimum atomic E-state index is -1.32. The van der Waals surface area contributed by atoms with Crippen LogP contribution in [0.3, 0.4) is 0 Å². The number of aliphatic hydroxyl groups excluding tert-OH is 2. The zero-order valence-electron chi connectivity index (χ0n) is 21.6. The van der Waals surface area contributed by atoms with Gasteiger partial charge in [-0.3, -0.25) is 4.79 Å². The predicted octanol–water partition coefficient (Wildman–Crippen LogP) is 4.99. The fourth-order valence-electron chi connectivity index (χ4n) is 4.37. The van der Waals surface area contributed by atoms with Gasteiger partial charge < -0.3 is 19.7 Å². The molecule has 1 heterocycles. The van der Waals surface area contributed by atoms with E-state index in [1.807, 2.05) is 0 Å². The van der Waals surface area contributed by atoms with E-state index in [1.165, 1.54) is 56.9 Å². The monoisotopic (exact) mass is 468 g/mol. The van der Waals surface area contributed by atoms with E-state index >= 15 is 0 Å². The van der Waals surface area contributed by atoms with E-state index in [4.69, 9.17) is 14.6 Å². The van der Waals surface area contributed by atoms with Gasteiger partial charge in [0.15, 0.2) is 12.2 Å². The summed E-state index contributed by atoms with van der Waals surface area (Å²) in [5.41, 5.74) is 1.29. The molecule has 33 heavy (non-hydrogen) atoms. The van der Waals surface area contributed by atoms with Crippen molar-refractivity contribution in [2.75, 3.05) is 13.2 Å². The number of Topliss-reactive ketones (excluding diaryl/α,β-unsaturated/α-hetero) is 1. The van der Waals surface area contributed by atoms with Crippen molar-refractivity contribution in [2.24, 2.45) is 17.8 Å². The topological polar surface area (TPSA) is 93.1 Å². The van der Waals surface area contributed by atoms with Crippen molar-refractivity contribution in [3.63, 3.8) is 0 Å². The summed E-state index contributed by atoms with van der Waals surface area (Å²) in [4.78, 5) is 23.3. The Morgan fingerprint density at radius 1 is 1.00 bits per heavy atom. The molecule has 0 aliphatic carbocycles. The molecule has 0 bridgehead atoms. The van der Waals surface area contributed by atoms with Crippen molar-refractivity contribution < 1.29 is 29.3 Å². The normalized spacial score (nSPS) is 22.0. The van der Waals surface area contributed by atoms with Gasteiger partial charge in [-0.15, -0.1) is 0 Å². The maximum atomic E-state index is 11.8. The molecule has 0 amide bonds. The Hall–Kier alpha value is -1.24. The van der Waals surface area contributed by atoms with Gasteiger partial charge in [0.1, 0.15) is 6.10 Å². The lowest BCUT2D eigenvalue weighted by Crippen LogP contribution is -2.41. The SMILES string of the molecule is CC(=CCCOC1C(=O)C(=O)OC1C(O)CO)CCCC(C)CCCC(C)CCCC(C)C. The third-order valence-electron chi connectivity index (χ3n) is 6.62. The number of esters is 1. The molecule has 6 heteroatoms. The van der Waals surface area contributed by atoms with Gasteiger partial charge in [0.25, 0.3) is 5.78 Å². The maximum Gasteiger partial charge on any atom is 0.378 e. The van der Waals surface area contributed by atoms with Gasteiger partial charge in [-0.05, 0) is 43.9 Å². The first-order valence-corrected chi connectivity index (χ1v) is 13.0. The summed E-state index contributed by atoms with van der Waals surface area (Å²) in [6.07, 6.45) is 10.6. The second-order valence-electron chi connectivity index (χ2n) is 10.5. The maximum absolute atomic E-state index is 11.8. The fourth-order valence-corrected chi connectivity index (χ4v) is 4.37. The van der Waals surface area contributed by atoms with Crippen LogP contribution in [0, 0.1) is 17.8 Å². The molecule has 1 rings (SSSR count). The highest BCUT2D eigenvalue weighted by molar-refractivity contribution is 6.37. The highest BCUT2D eigenvalue weighted by atomic mass is 16.6. The van der Waals surface area contributed by atoms with E-state index in [9.17, 15) is 14.7 Å². The molecule has 6 nitrogen and oxygen atoms in total. The molecule has 0 aromatic heterocycles. The summed E-state index contributed by atoms with van der Waals surface area (Å²) in [5.74, 6) is 0.600. The van der Waals surface area contributed by atoms with Crippen molar-refractivity contribution in [1.82, 2.24) is 0 Å². The summed E-state index contributed by atoms with van der Waals surface area (Å²) < 4.78 is 10.3. The average Bonchev–Trinajstić information content (AvgIpc) is 3.04. The highest BCUT2D eigenvalue weighted by Gasteiger charge is 2.47. The summed E-state index contributed by atoms with van der Waals surface area (Å²) in [5, 5.41) is 18.8. The van der Waals surface area contributed by atoms with E-state index in [1.54, 1.807) is 0 Å². The molecule has 5 unspecified atom stereocenters. The van der Waals surface area contributed by atoms with E-state index in [-0.39, 0.29) is 6.61 Å². The van der Waals surface area contributed by atoms with Crippen molar-refractivity contribution in [2.45, 2.75) is 117 Å². The molecule has 0 aromatic carbocycles. The van der Waals surface area contributed by atoms with Crippen LogP contribution in [0.5, 0.6) is 0 Å². The predicted molar refractivity (Wildman–Crippen MR) is 131 cm³/mol. The lowest BCUT2D eigenvalue weighted by atomic mass is 9.91. The number of aliphatic hydroxyl groups is 2. The third-order valence-corrected chi connectivity index (χ3v) is 6.62. The molecule has 1 aliphatic heterocycles. The summed E-state index contributed by atoms with van der Waals surface area (Å²) >= 11 is 0. The summed E-state index contributed by atoms with van der Waals surface area (Å²) in [6, 6.07) is 0. The van der Waals surface area contributed by atoms with Gasteiger partial charge in [-0.1, -0.05) is 84.3 Å². The molecule has 192 valence electrons. The number of hydrogen-bond acceptors (Lipinski definition) is 6. The number of ether oxygens (including phenoxy) is 2. The summed E-state index contributed by atoms with van der Waals surface area (Å²) in [7, 11) is 0. The smallest absolute Gasteiger partial charge is 0.378 e.